The highest BCUT2D eigenvalue weighted by molar-refractivity contribution is 5.78. The number of amides is 1. The first kappa shape index (κ1) is 20.6. The van der Waals surface area contributed by atoms with Crippen LogP contribution in [0.15, 0.2) is 24.3 Å². The first-order valence-corrected chi connectivity index (χ1v) is 10.3. The van der Waals surface area contributed by atoms with Crippen LogP contribution in [0.4, 0.5) is 5.82 Å². The van der Waals surface area contributed by atoms with Gasteiger partial charge >= 0.3 is 0 Å². The van der Waals surface area contributed by atoms with Crippen LogP contribution in [0.1, 0.15) is 22.6 Å². The van der Waals surface area contributed by atoms with Crippen LogP contribution in [-0.2, 0) is 33.7 Å². The standard InChI is InChI=1S/C22H28N4O4/c1-28-15-21(27)26-7-6-19-18(14-26)22(25-8-10-30-11-9-25)24-20(23-19)13-16-4-3-5-17(12-16)29-2/h3-5,12H,6-11,13-15H2,1-2H3. The Hall–Kier alpha value is -2.71. The van der Waals surface area contributed by atoms with Gasteiger partial charge in [-0.15, -0.1) is 0 Å². The molecule has 0 unspecified atom stereocenters. The van der Waals surface area contributed by atoms with Gasteiger partial charge in [0.25, 0.3) is 0 Å². The molecule has 30 heavy (non-hydrogen) atoms. The van der Waals surface area contributed by atoms with Crippen LogP contribution in [0.3, 0.4) is 0 Å². The Morgan fingerprint density at radius 1 is 1.17 bits per heavy atom. The quantitative estimate of drug-likeness (QED) is 0.711. The average molecular weight is 412 g/mol. The minimum atomic E-state index is -0.00321. The zero-order valence-corrected chi connectivity index (χ0v) is 17.6. The zero-order valence-electron chi connectivity index (χ0n) is 17.6. The summed E-state index contributed by atoms with van der Waals surface area (Å²) in [7, 11) is 3.21. The number of rotatable bonds is 6. The second kappa shape index (κ2) is 9.40. The molecule has 0 spiro atoms. The van der Waals surface area contributed by atoms with Gasteiger partial charge in [0.15, 0.2) is 0 Å². The number of morpholine rings is 1. The van der Waals surface area contributed by atoms with E-state index < -0.39 is 0 Å². The van der Waals surface area contributed by atoms with Gasteiger partial charge in [0, 0.05) is 45.1 Å². The molecule has 1 aromatic carbocycles. The van der Waals surface area contributed by atoms with Gasteiger partial charge < -0.3 is 24.0 Å². The van der Waals surface area contributed by atoms with E-state index in [1.54, 1.807) is 14.2 Å². The van der Waals surface area contributed by atoms with Crippen molar-refractivity contribution in [3.05, 3.63) is 46.9 Å². The lowest BCUT2D eigenvalue weighted by Crippen LogP contribution is -2.42. The Labute approximate surface area is 176 Å². The summed E-state index contributed by atoms with van der Waals surface area (Å²) in [6, 6.07) is 7.99. The van der Waals surface area contributed by atoms with Crippen LogP contribution < -0.4 is 9.64 Å². The number of anilines is 1. The molecule has 2 aromatic rings. The molecule has 3 heterocycles. The Kier molecular flexibility index (Phi) is 6.44. The van der Waals surface area contributed by atoms with Crippen molar-refractivity contribution in [2.75, 3.05) is 58.6 Å². The molecule has 160 valence electrons. The molecule has 2 aliphatic heterocycles. The van der Waals surface area contributed by atoms with Crippen molar-refractivity contribution in [2.45, 2.75) is 19.4 Å². The van der Waals surface area contributed by atoms with Gasteiger partial charge in [0.2, 0.25) is 5.91 Å². The van der Waals surface area contributed by atoms with Gasteiger partial charge in [-0.05, 0) is 17.7 Å². The summed E-state index contributed by atoms with van der Waals surface area (Å²) in [4.78, 5) is 26.3. The van der Waals surface area contributed by atoms with E-state index in [0.29, 0.717) is 32.7 Å². The number of fused-ring (bicyclic) bond motifs is 1. The van der Waals surface area contributed by atoms with Crippen LogP contribution in [-0.4, -0.2) is 74.4 Å². The lowest BCUT2D eigenvalue weighted by atomic mass is 10.0. The van der Waals surface area contributed by atoms with Crippen molar-refractivity contribution in [2.24, 2.45) is 0 Å². The fraction of sp³-hybridized carbons (Fsp3) is 0.500. The molecule has 1 fully saturated rings. The van der Waals surface area contributed by atoms with Crippen molar-refractivity contribution in [1.82, 2.24) is 14.9 Å². The number of carbonyl (C=O) groups excluding carboxylic acids is 1. The van der Waals surface area contributed by atoms with Crippen molar-refractivity contribution in [3.8, 4) is 5.75 Å². The highest BCUT2D eigenvalue weighted by Gasteiger charge is 2.28. The Balaban J connectivity index is 1.66. The molecular formula is C22H28N4O4. The maximum absolute atomic E-state index is 12.4. The summed E-state index contributed by atoms with van der Waals surface area (Å²) in [6.07, 6.45) is 1.35. The third-order valence-corrected chi connectivity index (χ3v) is 5.51. The highest BCUT2D eigenvalue weighted by Crippen LogP contribution is 2.28. The largest absolute Gasteiger partial charge is 0.497 e. The van der Waals surface area contributed by atoms with E-state index in [2.05, 4.69) is 11.0 Å². The number of ether oxygens (including phenoxy) is 3. The second-order valence-electron chi connectivity index (χ2n) is 7.51. The topological polar surface area (TPSA) is 77.0 Å². The molecule has 0 saturated carbocycles. The molecule has 0 atom stereocenters. The van der Waals surface area contributed by atoms with Gasteiger partial charge in [0.1, 0.15) is 24.0 Å². The summed E-state index contributed by atoms with van der Waals surface area (Å²) in [5.74, 6) is 2.54. The number of nitrogens with zero attached hydrogens (tertiary/aromatic N) is 4. The molecule has 4 rings (SSSR count). The van der Waals surface area contributed by atoms with E-state index in [-0.39, 0.29) is 12.5 Å². The Morgan fingerprint density at radius 3 is 2.77 bits per heavy atom. The predicted octanol–water partition coefficient (Wildman–Crippen LogP) is 1.44. The van der Waals surface area contributed by atoms with Gasteiger partial charge in [0.05, 0.1) is 32.6 Å². The SMILES string of the molecule is COCC(=O)N1CCc2nc(Cc3cccc(OC)c3)nc(N3CCOCC3)c2C1. The van der Waals surface area contributed by atoms with Crippen LogP contribution in [0.2, 0.25) is 0 Å². The van der Waals surface area contributed by atoms with E-state index in [1.807, 2.05) is 23.1 Å². The Bertz CT molecular complexity index is 899. The van der Waals surface area contributed by atoms with Crippen molar-refractivity contribution >= 4 is 11.7 Å². The maximum Gasteiger partial charge on any atom is 0.248 e. The average Bonchev–Trinajstić information content (AvgIpc) is 2.79. The lowest BCUT2D eigenvalue weighted by Gasteiger charge is -2.34. The van der Waals surface area contributed by atoms with E-state index in [0.717, 1.165) is 53.7 Å². The van der Waals surface area contributed by atoms with Gasteiger partial charge in [-0.3, -0.25) is 4.79 Å². The molecule has 1 aromatic heterocycles. The summed E-state index contributed by atoms with van der Waals surface area (Å²) in [5, 5.41) is 0. The van der Waals surface area contributed by atoms with E-state index in [9.17, 15) is 4.79 Å². The van der Waals surface area contributed by atoms with Gasteiger partial charge in [-0.1, -0.05) is 12.1 Å². The number of methoxy groups -OCH3 is 2. The summed E-state index contributed by atoms with van der Waals surface area (Å²) in [6.45, 7) is 4.18. The van der Waals surface area contributed by atoms with E-state index in [4.69, 9.17) is 24.2 Å². The summed E-state index contributed by atoms with van der Waals surface area (Å²) >= 11 is 0. The molecule has 8 nitrogen and oxygen atoms in total. The van der Waals surface area contributed by atoms with Crippen molar-refractivity contribution in [3.63, 3.8) is 0 Å². The molecule has 1 amide bonds. The molecule has 2 aliphatic rings. The van der Waals surface area contributed by atoms with E-state index >= 15 is 0 Å². The molecular weight excluding hydrogens is 384 g/mol. The molecule has 0 N–H and O–H groups in total. The second-order valence-corrected chi connectivity index (χ2v) is 7.51. The molecule has 0 radical (unpaired) electrons. The lowest BCUT2D eigenvalue weighted by molar-refractivity contribution is -0.136. The Morgan fingerprint density at radius 2 is 2.00 bits per heavy atom. The third kappa shape index (κ3) is 4.55. The monoisotopic (exact) mass is 412 g/mol. The molecule has 8 heteroatoms. The minimum absolute atomic E-state index is 0.00321. The number of carbonyl (C=O) groups is 1. The first-order chi connectivity index (χ1) is 14.7. The number of hydrogen-bond acceptors (Lipinski definition) is 7. The fourth-order valence-corrected chi connectivity index (χ4v) is 3.96. The number of benzene rings is 1. The maximum atomic E-state index is 12.4. The zero-order chi connectivity index (χ0) is 20.9. The summed E-state index contributed by atoms with van der Waals surface area (Å²) in [5.41, 5.74) is 3.18. The van der Waals surface area contributed by atoms with Crippen LogP contribution in [0.25, 0.3) is 0 Å². The fourth-order valence-electron chi connectivity index (χ4n) is 3.96. The van der Waals surface area contributed by atoms with Crippen molar-refractivity contribution < 1.29 is 19.0 Å². The van der Waals surface area contributed by atoms with Gasteiger partial charge in [-0.25, -0.2) is 9.97 Å². The number of hydrogen-bond donors (Lipinski definition) is 0. The molecule has 0 aliphatic carbocycles. The van der Waals surface area contributed by atoms with Crippen LogP contribution in [0, 0.1) is 0 Å². The van der Waals surface area contributed by atoms with Crippen LogP contribution >= 0.6 is 0 Å². The van der Waals surface area contributed by atoms with Gasteiger partial charge in [-0.2, -0.15) is 0 Å². The van der Waals surface area contributed by atoms with Crippen molar-refractivity contribution in [1.29, 1.82) is 0 Å². The van der Waals surface area contributed by atoms with E-state index in [1.165, 1.54) is 0 Å². The highest BCUT2D eigenvalue weighted by atomic mass is 16.5. The predicted molar refractivity (Wildman–Crippen MR) is 112 cm³/mol. The smallest absolute Gasteiger partial charge is 0.248 e. The molecule has 1 saturated heterocycles. The number of aromatic nitrogens is 2. The normalized spacial score (nSPS) is 16.3. The molecule has 0 bridgehead atoms. The minimum Gasteiger partial charge on any atom is -0.497 e. The first-order valence-electron chi connectivity index (χ1n) is 10.3. The summed E-state index contributed by atoms with van der Waals surface area (Å²) < 4.78 is 15.9. The third-order valence-electron chi connectivity index (χ3n) is 5.51. The van der Waals surface area contributed by atoms with Crippen LogP contribution in [0.5, 0.6) is 5.75 Å².